The van der Waals surface area contributed by atoms with Gasteiger partial charge in [-0.15, -0.1) is 11.3 Å². The second kappa shape index (κ2) is 3.06. The lowest BCUT2D eigenvalue weighted by Gasteiger charge is -2.03. The minimum Gasteiger partial charge on any atom is -0.223 e. The number of thiazole rings is 1. The summed E-state index contributed by atoms with van der Waals surface area (Å²) < 4.78 is 37.3. The van der Waals surface area contributed by atoms with Crippen LogP contribution in [0.25, 0.3) is 10.3 Å². The van der Waals surface area contributed by atoms with Gasteiger partial charge in [-0.25, -0.2) is 9.97 Å². The quantitative estimate of drug-likeness (QED) is 0.703. The topological polar surface area (TPSA) is 25.8 Å². The number of aromatic nitrogens is 2. The normalized spacial score (nSPS) is 12.3. The zero-order chi connectivity index (χ0) is 10.3. The molecular formula is C7H2ClF3N2S. The number of pyridine rings is 1. The lowest BCUT2D eigenvalue weighted by molar-refractivity contribution is -0.141. The van der Waals surface area contributed by atoms with Crippen molar-refractivity contribution in [2.24, 2.45) is 0 Å². The molecule has 14 heavy (non-hydrogen) atoms. The molecule has 0 saturated carbocycles. The maximum absolute atomic E-state index is 12.2. The molecule has 0 aliphatic carbocycles. The zero-order valence-electron chi connectivity index (χ0n) is 6.47. The SMILES string of the molecule is FC(F)(F)c1ccc2sc(Cl)nc2n1. The third-order valence-electron chi connectivity index (χ3n) is 1.52. The van der Waals surface area contributed by atoms with Crippen LogP contribution in [0, 0.1) is 0 Å². The van der Waals surface area contributed by atoms with Crippen LogP contribution in [0.4, 0.5) is 13.2 Å². The van der Waals surface area contributed by atoms with Crippen molar-refractivity contribution in [2.45, 2.75) is 6.18 Å². The highest BCUT2D eigenvalue weighted by Crippen LogP contribution is 2.31. The number of alkyl halides is 3. The van der Waals surface area contributed by atoms with E-state index in [2.05, 4.69) is 9.97 Å². The first kappa shape index (κ1) is 9.67. The molecule has 0 aromatic carbocycles. The van der Waals surface area contributed by atoms with Gasteiger partial charge in [0.15, 0.2) is 10.1 Å². The predicted molar refractivity (Wildman–Crippen MR) is 47.4 cm³/mol. The monoisotopic (exact) mass is 238 g/mol. The van der Waals surface area contributed by atoms with Crippen LogP contribution >= 0.6 is 22.9 Å². The van der Waals surface area contributed by atoms with Gasteiger partial charge in [0, 0.05) is 0 Å². The number of hydrogen-bond donors (Lipinski definition) is 0. The van der Waals surface area contributed by atoms with Crippen LogP contribution in [-0.4, -0.2) is 9.97 Å². The van der Waals surface area contributed by atoms with Crippen LogP contribution in [-0.2, 0) is 6.18 Å². The number of fused-ring (bicyclic) bond motifs is 1. The Balaban J connectivity index is 2.62. The van der Waals surface area contributed by atoms with E-state index in [9.17, 15) is 13.2 Å². The van der Waals surface area contributed by atoms with E-state index < -0.39 is 11.9 Å². The Morgan fingerprint density at radius 2 is 1.93 bits per heavy atom. The summed E-state index contributed by atoms with van der Waals surface area (Å²) in [7, 11) is 0. The van der Waals surface area contributed by atoms with Gasteiger partial charge in [-0.1, -0.05) is 11.6 Å². The van der Waals surface area contributed by atoms with Crippen LogP contribution in [0.2, 0.25) is 4.47 Å². The van der Waals surface area contributed by atoms with E-state index in [1.807, 2.05) is 0 Å². The first-order valence-corrected chi connectivity index (χ1v) is 4.66. The summed E-state index contributed by atoms with van der Waals surface area (Å²) in [5.41, 5.74) is -0.915. The Labute approximate surface area is 85.4 Å². The Hall–Kier alpha value is -0.880. The maximum atomic E-state index is 12.2. The zero-order valence-corrected chi connectivity index (χ0v) is 8.04. The molecule has 0 saturated heterocycles. The molecule has 74 valence electrons. The largest absolute Gasteiger partial charge is 0.433 e. The Kier molecular flexibility index (Phi) is 2.11. The minimum absolute atomic E-state index is 0.0369. The second-order valence-electron chi connectivity index (χ2n) is 2.48. The molecule has 0 aliphatic rings. The summed E-state index contributed by atoms with van der Waals surface area (Å²) in [6.07, 6.45) is -4.44. The highest BCUT2D eigenvalue weighted by Gasteiger charge is 2.32. The van der Waals surface area contributed by atoms with Crippen molar-refractivity contribution in [3.63, 3.8) is 0 Å². The molecule has 0 unspecified atom stereocenters. The molecule has 0 fully saturated rings. The fourth-order valence-electron chi connectivity index (χ4n) is 0.950. The van der Waals surface area contributed by atoms with E-state index in [-0.39, 0.29) is 10.1 Å². The molecule has 2 heterocycles. The highest BCUT2D eigenvalue weighted by atomic mass is 35.5. The molecule has 0 bridgehead atoms. The van der Waals surface area contributed by atoms with Crippen LogP contribution in [0.5, 0.6) is 0 Å². The van der Waals surface area contributed by atoms with Crippen LogP contribution in [0.1, 0.15) is 5.69 Å². The smallest absolute Gasteiger partial charge is 0.223 e. The summed E-state index contributed by atoms with van der Waals surface area (Å²) in [5, 5.41) is 0. The number of hydrogen-bond acceptors (Lipinski definition) is 3. The van der Waals surface area contributed by atoms with E-state index in [0.29, 0.717) is 4.70 Å². The summed E-state index contributed by atoms with van der Waals surface area (Å²) in [6, 6.07) is 2.23. The standard InChI is InChI=1S/C7H2ClF3N2S/c8-6-13-5-3(14-6)1-2-4(12-5)7(9,10)11/h1-2H. The lowest BCUT2D eigenvalue weighted by atomic mass is 10.3. The first-order valence-electron chi connectivity index (χ1n) is 3.47. The van der Waals surface area contributed by atoms with Gasteiger partial charge in [0.2, 0.25) is 0 Å². The van der Waals surface area contributed by atoms with Gasteiger partial charge in [0.1, 0.15) is 5.69 Å². The fraction of sp³-hybridized carbons (Fsp3) is 0.143. The van der Waals surface area contributed by atoms with Gasteiger partial charge in [-0.2, -0.15) is 13.2 Å². The molecule has 0 atom stereocenters. The van der Waals surface area contributed by atoms with Crippen molar-refractivity contribution in [1.82, 2.24) is 9.97 Å². The summed E-state index contributed by atoms with van der Waals surface area (Å²) in [6.45, 7) is 0. The lowest BCUT2D eigenvalue weighted by Crippen LogP contribution is -2.07. The van der Waals surface area contributed by atoms with Crippen LogP contribution < -0.4 is 0 Å². The third kappa shape index (κ3) is 1.67. The molecule has 2 aromatic rings. The van der Waals surface area contributed by atoms with Gasteiger partial charge in [-0.3, -0.25) is 0 Å². The molecule has 0 spiro atoms. The van der Waals surface area contributed by atoms with Gasteiger partial charge in [0.25, 0.3) is 0 Å². The second-order valence-corrected chi connectivity index (χ2v) is 4.10. The van der Waals surface area contributed by atoms with Crippen LogP contribution in [0.15, 0.2) is 12.1 Å². The van der Waals surface area contributed by atoms with Gasteiger partial charge < -0.3 is 0 Å². The Bertz CT molecular complexity index is 479. The third-order valence-corrected chi connectivity index (χ3v) is 2.63. The van der Waals surface area contributed by atoms with Crippen LogP contribution in [0.3, 0.4) is 0 Å². The summed E-state index contributed by atoms with van der Waals surface area (Å²) >= 11 is 6.63. The Morgan fingerprint density at radius 1 is 1.21 bits per heavy atom. The van der Waals surface area contributed by atoms with E-state index in [1.54, 1.807) is 0 Å². The molecular weight excluding hydrogens is 237 g/mol. The number of nitrogens with zero attached hydrogens (tertiary/aromatic N) is 2. The van der Waals surface area contributed by atoms with E-state index in [0.717, 1.165) is 17.4 Å². The maximum Gasteiger partial charge on any atom is 0.433 e. The summed E-state index contributed by atoms with van der Waals surface area (Å²) in [5.74, 6) is 0. The fourth-order valence-corrected chi connectivity index (χ4v) is 1.91. The molecule has 0 N–H and O–H groups in total. The Morgan fingerprint density at radius 3 is 2.57 bits per heavy atom. The van der Waals surface area contributed by atoms with Gasteiger partial charge in [-0.05, 0) is 12.1 Å². The van der Waals surface area contributed by atoms with E-state index in [4.69, 9.17) is 11.6 Å². The summed E-state index contributed by atoms with van der Waals surface area (Å²) in [4.78, 5) is 7.02. The van der Waals surface area contributed by atoms with Crippen molar-refractivity contribution in [3.05, 3.63) is 22.3 Å². The van der Waals surface area contributed by atoms with E-state index >= 15 is 0 Å². The van der Waals surface area contributed by atoms with Gasteiger partial charge in [0.05, 0.1) is 4.70 Å². The molecule has 2 aromatic heterocycles. The molecule has 2 nitrogen and oxygen atoms in total. The average molecular weight is 239 g/mol. The van der Waals surface area contributed by atoms with Gasteiger partial charge >= 0.3 is 6.18 Å². The molecule has 0 aliphatic heterocycles. The predicted octanol–water partition coefficient (Wildman–Crippen LogP) is 3.36. The van der Waals surface area contributed by atoms with Crippen molar-refractivity contribution < 1.29 is 13.2 Å². The first-order chi connectivity index (χ1) is 6.47. The minimum atomic E-state index is -4.44. The van der Waals surface area contributed by atoms with Crippen molar-refractivity contribution in [3.8, 4) is 0 Å². The molecule has 2 rings (SSSR count). The average Bonchev–Trinajstić information content (AvgIpc) is 2.41. The number of halogens is 4. The molecule has 0 radical (unpaired) electrons. The molecule has 0 amide bonds. The number of rotatable bonds is 0. The highest BCUT2D eigenvalue weighted by molar-refractivity contribution is 7.22. The van der Waals surface area contributed by atoms with Crippen molar-refractivity contribution in [2.75, 3.05) is 0 Å². The molecule has 7 heteroatoms. The van der Waals surface area contributed by atoms with Crippen molar-refractivity contribution >= 4 is 33.3 Å². The van der Waals surface area contributed by atoms with Crippen molar-refractivity contribution in [1.29, 1.82) is 0 Å². The van der Waals surface area contributed by atoms with E-state index in [1.165, 1.54) is 6.07 Å².